The lowest BCUT2D eigenvalue weighted by molar-refractivity contribution is -0.137. The Kier molecular flexibility index (Phi) is 15.8. The highest BCUT2D eigenvalue weighted by Crippen LogP contribution is 2.35. The summed E-state index contributed by atoms with van der Waals surface area (Å²) in [5.74, 6) is 0.499. The second kappa shape index (κ2) is 22.6. The summed E-state index contributed by atoms with van der Waals surface area (Å²) in [6, 6.07) is 23.2. The average Bonchev–Trinajstić information content (AvgIpc) is 3.99. The zero-order chi connectivity index (χ0) is 47.3. The Hall–Kier alpha value is -7.02. The van der Waals surface area contributed by atoms with Crippen LogP contribution in [0.1, 0.15) is 102 Å². The van der Waals surface area contributed by atoms with E-state index in [9.17, 15) is 24.0 Å². The van der Waals surface area contributed by atoms with Gasteiger partial charge in [-0.05, 0) is 119 Å². The summed E-state index contributed by atoms with van der Waals surface area (Å²) in [6.45, 7) is 5.31. The molecule has 0 bridgehead atoms. The highest BCUT2D eigenvalue weighted by atomic mass is 16.5. The molecular formula is C50H58N10O8. The Bertz CT molecular complexity index is 2560. The lowest BCUT2D eigenvalue weighted by atomic mass is 9.87. The van der Waals surface area contributed by atoms with Crippen LogP contribution < -0.4 is 31.3 Å². The van der Waals surface area contributed by atoms with Gasteiger partial charge in [0.1, 0.15) is 18.4 Å². The van der Waals surface area contributed by atoms with Crippen molar-refractivity contribution in [1.29, 1.82) is 0 Å². The molecule has 5 aromatic rings. The number of nitrogens with one attached hydrogen (secondary N) is 6. The van der Waals surface area contributed by atoms with E-state index < -0.39 is 17.5 Å². The number of imide groups is 1. The molecule has 356 valence electrons. The lowest BCUT2D eigenvalue weighted by Crippen LogP contribution is -2.52. The van der Waals surface area contributed by atoms with Gasteiger partial charge in [0, 0.05) is 65.6 Å². The van der Waals surface area contributed by atoms with E-state index in [0.717, 1.165) is 80.0 Å². The van der Waals surface area contributed by atoms with Crippen molar-refractivity contribution >= 4 is 40.9 Å². The third-order valence-electron chi connectivity index (χ3n) is 12.5. The van der Waals surface area contributed by atoms with Gasteiger partial charge in [-0.15, -0.1) is 10.2 Å². The maximum absolute atomic E-state index is 13.6. The third kappa shape index (κ3) is 11.9. The zero-order valence-corrected chi connectivity index (χ0v) is 38.2. The van der Waals surface area contributed by atoms with Gasteiger partial charge in [0.15, 0.2) is 11.6 Å². The molecule has 0 radical (unpaired) electrons. The molecule has 18 heteroatoms. The molecule has 1 unspecified atom stereocenters. The van der Waals surface area contributed by atoms with Crippen LogP contribution in [0.25, 0.3) is 11.4 Å². The van der Waals surface area contributed by atoms with Gasteiger partial charge in [0.25, 0.3) is 11.8 Å². The lowest BCUT2D eigenvalue weighted by Gasteiger charge is -2.37. The van der Waals surface area contributed by atoms with Crippen molar-refractivity contribution in [3.05, 3.63) is 119 Å². The molecule has 2 fully saturated rings. The summed E-state index contributed by atoms with van der Waals surface area (Å²) in [5.41, 5.74) is 4.26. The van der Waals surface area contributed by atoms with Gasteiger partial charge in [0.05, 0.1) is 31.4 Å². The van der Waals surface area contributed by atoms with Crippen LogP contribution in [0.2, 0.25) is 0 Å². The first kappa shape index (κ1) is 47.5. The molecule has 0 aliphatic carbocycles. The van der Waals surface area contributed by atoms with Gasteiger partial charge >= 0.3 is 0 Å². The van der Waals surface area contributed by atoms with Crippen molar-refractivity contribution in [2.24, 2.45) is 0 Å². The third-order valence-corrected chi connectivity index (χ3v) is 12.5. The van der Waals surface area contributed by atoms with Crippen LogP contribution in [0, 0.1) is 0 Å². The summed E-state index contributed by atoms with van der Waals surface area (Å²) < 4.78 is 17.3. The zero-order valence-electron chi connectivity index (χ0n) is 38.2. The first-order valence-electron chi connectivity index (χ1n) is 23.3. The van der Waals surface area contributed by atoms with E-state index in [1.54, 1.807) is 30.6 Å². The van der Waals surface area contributed by atoms with E-state index in [0.29, 0.717) is 48.0 Å². The Balaban J connectivity index is 0.695. The van der Waals surface area contributed by atoms with Crippen molar-refractivity contribution in [2.45, 2.75) is 82.5 Å². The molecule has 5 amide bonds. The van der Waals surface area contributed by atoms with E-state index >= 15 is 0 Å². The molecule has 2 saturated heterocycles. The number of H-pyrrole nitrogens is 1. The minimum atomic E-state index is -0.733. The van der Waals surface area contributed by atoms with Crippen molar-refractivity contribution in [2.75, 3.05) is 56.8 Å². The molecule has 0 spiro atoms. The number of rotatable bonds is 22. The molecule has 5 heterocycles. The first-order valence-corrected chi connectivity index (χ1v) is 23.3. The average molecular weight is 927 g/mol. The maximum atomic E-state index is 13.6. The van der Waals surface area contributed by atoms with Gasteiger partial charge in [-0.2, -0.15) is 0 Å². The quantitative estimate of drug-likeness (QED) is 0.0377. The van der Waals surface area contributed by atoms with E-state index in [1.165, 1.54) is 4.90 Å². The molecule has 3 aliphatic heterocycles. The molecular weight excluding hydrogens is 869 g/mol. The number of aromatic amines is 1. The summed E-state index contributed by atoms with van der Waals surface area (Å²) in [6.07, 6.45) is 9.17. The summed E-state index contributed by atoms with van der Waals surface area (Å²) >= 11 is 0. The van der Waals surface area contributed by atoms with Gasteiger partial charge < -0.3 is 45.4 Å². The van der Waals surface area contributed by atoms with Crippen LogP contribution in [0.5, 0.6) is 5.75 Å². The van der Waals surface area contributed by atoms with Gasteiger partial charge in [-0.25, -0.2) is 0 Å². The van der Waals surface area contributed by atoms with E-state index in [2.05, 4.69) is 46.7 Å². The Morgan fingerprint density at radius 1 is 0.868 bits per heavy atom. The highest BCUT2D eigenvalue weighted by Gasteiger charge is 2.40. The predicted molar refractivity (Wildman–Crippen MR) is 253 cm³/mol. The summed E-state index contributed by atoms with van der Waals surface area (Å²) in [7, 11) is 0. The molecule has 3 aliphatic rings. The monoisotopic (exact) mass is 926 g/mol. The molecule has 68 heavy (non-hydrogen) atoms. The molecule has 2 aromatic heterocycles. The number of unbranched alkanes of at least 4 members (excludes halogenated alkanes) is 3. The normalized spacial score (nSPS) is 17.0. The second-order valence-electron chi connectivity index (χ2n) is 17.3. The number of piperidine rings is 2. The van der Waals surface area contributed by atoms with Crippen LogP contribution in [0.3, 0.4) is 0 Å². The fraction of sp³-hybridized carbons (Fsp3) is 0.400. The Morgan fingerprint density at radius 3 is 2.47 bits per heavy atom. The molecule has 6 N–H and O–H groups in total. The van der Waals surface area contributed by atoms with Gasteiger partial charge in [-0.1, -0.05) is 30.7 Å². The van der Waals surface area contributed by atoms with Crippen LogP contribution in [0.15, 0.2) is 91.3 Å². The number of hydrogen-bond donors (Lipinski definition) is 6. The van der Waals surface area contributed by atoms with E-state index in [4.69, 9.17) is 14.2 Å². The number of carbonyl (C=O) groups is 5. The number of fused-ring (bicyclic) bond motifs is 1. The minimum Gasteiger partial charge on any atom is -0.494 e. The van der Waals surface area contributed by atoms with Crippen molar-refractivity contribution < 1.29 is 38.2 Å². The van der Waals surface area contributed by atoms with Gasteiger partial charge in [-0.3, -0.25) is 34.3 Å². The predicted octanol–water partition coefficient (Wildman–Crippen LogP) is 5.42. The number of ether oxygens (including phenoxy) is 3. The minimum absolute atomic E-state index is 0.161. The van der Waals surface area contributed by atoms with E-state index in [1.807, 2.05) is 67.6 Å². The number of nitrogens with zero attached hydrogens (tertiary/aromatic N) is 4. The topological polar surface area (TPSA) is 231 Å². The fourth-order valence-corrected chi connectivity index (χ4v) is 8.77. The number of pyridine rings is 1. The Morgan fingerprint density at radius 2 is 1.65 bits per heavy atom. The smallest absolute Gasteiger partial charge is 0.255 e. The van der Waals surface area contributed by atoms with Crippen LogP contribution in [-0.2, 0) is 35.9 Å². The fourth-order valence-electron chi connectivity index (χ4n) is 8.77. The van der Waals surface area contributed by atoms with Crippen LogP contribution >= 0.6 is 0 Å². The van der Waals surface area contributed by atoms with Crippen molar-refractivity contribution in [3.8, 4) is 17.1 Å². The standard InChI is InChI=1S/C50H58N10O8/c1-33(53-46(63)36-10-6-11-37(29-36)57-50(19-23-52-24-20-50)49-56-45(58-59-49)34-17-21-51-22-18-34)35-9-7-12-38(30-35)68-26-5-3-2-4-25-66-27-28-67-32-44(62)54-41-14-8-13-39-40(41)31-60(48(39)65)42-15-16-43(61)55-47(42)64/h6-14,17-18,21-22,29-30,33,42,52,57H,2-5,15-16,19-20,23-28,31-32H2,1H3,(H,53,63)(H,54,62)(H,55,61,64)(H,56,58,59)/t33-,42?/m0/s1. The molecule has 2 atom stereocenters. The number of aromatic nitrogens is 4. The molecule has 0 saturated carbocycles. The number of anilines is 2. The van der Waals surface area contributed by atoms with Crippen LogP contribution in [-0.4, -0.2) is 107 Å². The van der Waals surface area contributed by atoms with Gasteiger partial charge in [0.2, 0.25) is 17.7 Å². The Labute approximate surface area is 394 Å². The summed E-state index contributed by atoms with van der Waals surface area (Å²) in [4.78, 5) is 72.3. The first-order chi connectivity index (χ1) is 33.2. The molecule has 3 aromatic carbocycles. The number of carbonyl (C=O) groups excluding carboxylic acids is 5. The maximum Gasteiger partial charge on any atom is 0.255 e. The number of hydrogen-bond acceptors (Lipinski definition) is 13. The summed E-state index contributed by atoms with van der Waals surface area (Å²) in [5, 5.41) is 24.4. The number of benzene rings is 3. The van der Waals surface area contributed by atoms with E-state index in [-0.39, 0.29) is 62.3 Å². The second-order valence-corrected chi connectivity index (χ2v) is 17.3. The van der Waals surface area contributed by atoms with Crippen LogP contribution in [0.4, 0.5) is 11.4 Å². The number of amides is 5. The van der Waals surface area contributed by atoms with Crippen molar-refractivity contribution in [1.82, 2.24) is 41.0 Å². The SMILES string of the molecule is C[C@H](NC(=O)c1cccc(NC2(c3nnc(-c4ccncc4)[nH]3)CCNCC2)c1)c1cccc(OCCCCCCOCCOCC(=O)Nc2cccc3c2CN(C2CCC(=O)NC2=O)C3=O)c1. The highest BCUT2D eigenvalue weighted by molar-refractivity contribution is 6.07. The molecule has 18 nitrogen and oxygen atoms in total. The largest absolute Gasteiger partial charge is 0.494 e. The van der Waals surface area contributed by atoms with Crippen molar-refractivity contribution in [3.63, 3.8) is 0 Å². The molecule has 8 rings (SSSR count).